The fourth-order valence-electron chi connectivity index (χ4n) is 4.71. The fraction of sp³-hybridized carbons (Fsp3) is 0.438. The van der Waals surface area contributed by atoms with Crippen LogP contribution in [0.1, 0.15) is 18.9 Å². The molecule has 1 aromatic carbocycles. The molecule has 2 aromatic rings. The van der Waals surface area contributed by atoms with Crippen molar-refractivity contribution in [2.45, 2.75) is 24.8 Å². The van der Waals surface area contributed by atoms with E-state index >= 15 is 0 Å². The van der Waals surface area contributed by atoms with Crippen LogP contribution in [0.2, 0.25) is 5.02 Å². The molecule has 1 heterocycles. The van der Waals surface area contributed by atoms with Crippen LogP contribution in [0.15, 0.2) is 29.2 Å². The lowest BCUT2D eigenvalue weighted by atomic mass is 10.1. The van der Waals surface area contributed by atoms with E-state index in [1.807, 2.05) is 0 Å². The summed E-state index contributed by atoms with van der Waals surface area (Å²) in [6.45, 7) is 0. The molecular formula is C16H11ClF3NO. The van der Waals surface area contributed by atoms with E-state index in [4.69, 9.17) is 11.6 Å². The number of fused-ring (bicyclic) bond motifs is 2. The van der Waals surface area contributed by atoms with Gasteiger partial charge in [-0.1, -0.05) is 11.6 Å². The summed E-state index contributed by atoms with van der Waals surface area (Å²) in [6, 6.07) is 3.97. The first kappa shape index (κ1) is 13.0. The van der Waals surface area contributed by atoms with Crippen molar-refractivity contribution in [2.24, 2.45) is 17.3 Å². The highest BCUT2D eigenvalue weighted by Gasteiger charge is 3.00. The Morgan fingerprint density at radius 2 is 2.09 bits per heavy atom. The summed E-state index contributed by atoms with van der Waals surface area (Å²) >= 11 is 5.75. The Labute approximate surface area is 128 Å². The Morgan fingerprint density at radius 1 is 1.32 bits per heavy atom. The zero-order valence-corrected chi connectivity index (χ0v) is 12.1. The van der Waals surface area contributed by atoms with Gasteiger partial charge in [-0.3, -0.25) is 4.79 Å². The van der Waals surface area contributed by atoms with Gasteiger partial charge in [0, 0.05) is 29.0 Å². The maximum Gasteiger partial charge on any atom is 0.258 e. The van der Waals surface area contributed by atoms with Crippen molar-refractivity contribution >= 4 is 22.4 Å². The Hall–Kier alpha value is -1.49. The zero-order chi connectivity index (χ0) is 15.4. The molecule has 0 N–H and O–H groups in total. The average molecular weight is 326 g/mol. The molecule has 3 aliphatic rings. The number of nitrogens with zero attached hydrogens (tertiary/aromatic N) is 1. The second-order valence-electron chi connectivity index (χ2n) is 6.72. The van der Waals surface area contributed by atoms with Gasteiger partial charge in [-0.2, -0.15) is 0 Å². The molecule has 1 spiro atoms. The van der Waals surface area contributed by atoms with Crippen LogP contribution >= 0.6 is 11.6 Å². The molecule has 0 amide bonds. The Bertz CT molecular complexity index is 908. The molecule has 3 saturated carbocycles. The van der Waals surface area contributed by atoms with Crippen molar-refractivity contribution in [2.75, 3.05) is 0 Å². The van der Waals surface area contributed by atoms with E-state index in [9.17, 15) is 18.0 Å². The molecule has 0 bridgehead atoms. The Morgan fingerprint density at radius 3 is 2.77 bits per heavy atom. The number of benzene rings is 1. The molecule has 4 atom stereocenters. The predicted octanol–water partition coefficient (Wildman–Crippen LogP) is 4.01. The van der Waals surface area contributed by atoms with Gasteiger partial charge >= 0.3 is 0 Å². The third kappa shape index (κ3) is 1.25. The number of hydrogen-bond donors (Lipinski definition) is 0. The average Bonchev–Trinajstić information content (AvgIpc) is 3.20. The monoisotopic (exact) mass is 325 g/mol. The van der Waals surface area contributed by atoms with Crippen molar-refractivity contribution in [1.29, 1.82) is 0 Å². The Balaban J connectivity index is 1.58. The number of alkyl halides is 2. The normalized spacial score (nSPS) is 37.0. The van der Waals surface area contributed by atoms with Crippen LogP contribution in [0, 0.1) is 23.1 Å². The van der Waals surface area contributed by atoms with Gasteiger partial charge in [0.2, 0.25) is 0 Å². The van der Waals surface area contributed by atoms with Gasteiger partial charge in [-0.05, 0) is 42.3 Å². The molecule has 22 heavy (non-hydrogen) atoms. The Kier molecular flexibility index (Phi) is 2.09. The van der Waals surface area contributed by atoms with Gasteiger partial charge in [0.25, 0.3) is 11.5 Å². The van der Waals surface area contributed by atoms with Crippen molar-refractivity contribution in [1.82, 2.24) is 4.57 Å². The van der Waals surface area contributed by atoms with Crippen LogP contribution in [0.4, 0.5) is 13.2 Å². The van der Waals surface area contributed by atoms with E-state index in [2.05, 4.69) is 0 Å². The summed E-state index contributed by atoms with van der Waals surface area (Å²) in [5, 5.41) is 0.689. The molecule has 3 aliphatic carbocycles. The summed E-state index contributed by atoms with van der Waals surface area (Å²) in [4.78, 5) is 12.6. The molecule has 6 heteroatoms. The van der Waals surface area contributed by atoms with Crippen LogP contribution < -0.4 is 5.56 Å². The molecule has 0 aliphatic heterocycles. The standard InChI is InChI=1S/C16H11ClF3NO/c17-11-5-9-7(3-12(11)18)1-2-21(14(9)22)8-4-10-13-15(10,6-8)16(13,19)20/h1-3,5,8,10,13H,4,6H2/t8?,10-,13?,15-/m0/s1. The summed E-state index contributed by atoms with van der Waals surface area (Å²) in [5.41, 5.74) is -1.12. The van der Waals surface area contributed by atoms with Gasteiger partial charge in [-0.25, -0.2) is 13.2 Å². The third-order valence-corrected chi connectivity index (χ3v) is 6.19. The molecule has 0 radical (unpaired) electrons. The molecule has 2 unspecified atom stereocenters. The van der Waals surface area contributed by atoms with Crippen molar-refractivity contribution in [3.05, 3.63) is 45.6 Å². The van der Waals surface area contributed by atoms with Crippen molar-refractivity contribution in [3.8, 4) is 0 Å². The van der Waals surface area contributed by atoms with Gasteiger partial charge in [-0.15, -0.1) is 0 Å². The van der Waals surface area contributed by atoms with E-state index in [-0.39, 0.29) is 22.5 Å². The number of pyridine rings is 1. The second kappa shape index (κ2) is 3.53. The maximum absolute atomic E-state index is 13.5. The topological polar surface area (TPSA) is 22.0 Å². The molecule has 3 fully saturated rings. The minimum Gasteiger partial charge on any atom is -0.312 e. The van der Waals surface area contributed by atoms with Gasteiger partial charge in [0.15, 0.2) is 0 Å². The van der Waals surface area contributed by atoms with Crippen LogP contribution in [0.3, 0.4) is 0 Å². The SMILES string of the molecule is O=c1c2cc(Cl)c(F)cc2ccn1C1C[C@H]2C3C(F)(F)[C@]32C1. The zero-order valence-electron chi connectivity index (χ0n) is 11.3. The van der Waals surface area contributed by atoms with Crippen LogP contribution in [0.5, 0.6) is 0 Å². The molecule has 2 nitrogen and oxygen atoms in total. The first-order valence-corrected chi connectivity index (χ1v) is 7.63. The summed E-state index contributed by atoms with van der Waals surface area (Å²) in [5.74, 6) is -3.49. The van der Waals surface area contributed by atoms with E-state index in [0.29, 0.717) is 23.6 Å². The quantitative estimate of drug-likeness (QED) is 0.776. The lowest BCUT2D eigenvalue weighted by Gasteiger charge is -2.16. The van der Waals surface area contributed by atoms with Crippen molar-refractivity contribution < 1.29 is 13.2 Å². The summed E-state index contributed by atoms with van der Waals surface area (Å²) in [6.07, 6.45) is 2.57. The van der Waals surface area contributed by atoms with Crippen LogP contribution in [-0.4, -0.2) is 10.5 Å². The maximum atomic E-state index is 13.5. The molecule has 0 saturated heterocycles. The molecular weight excluding hydrogens is 315 g/mol. The van der Waals surface area contributed by atoms with Crippen LogP contribution in [-0.2, 0) is 0 Å². The van der Waals surface area contributed by atoms with E-state index in [1.54, 1.807) is 12.3 Å². The highest BCUT2D eigenvalue weighted by atomic mass is 35.5. The van der Waals surface area contributed by atoms with Gasteiger partial charge in [0.05, 0.1) is 5.02 Å². The smallest absolute Gasteiger partial charge is 0.258 e. The molecule has 114 valence electrons. The molecule has 5 rings (SSSR count). The minimum absolute atomic E-state index is 0.0619. The minimum atomic E-state index is -2.53. The molecule has 1 aromatic heterocycles. The lowest BCUT2D eigenvalue weighted by Crippen LogP contribution is -2.23. The van der Waals surface area contributed by atoms with E-state index in [0.717, 1.165) is 0 Å². The number of rotatable bonds is 1. The second-order valence-corrected chi connectivity index (χ2v) is 7.13. The van der Waals surface area contributed by atoms with Crippen LogP contribution in [0.25, 0.3) is 10.8 Å². The lowest BCUT2D eigenvalue weighted by molar-refractivity contribution is 0.00822. The fourth-order valence-corrected chi connectivity index (χ4v) is 4.87. The van der Waals surface area contributed by atoms with Gasteiger partial charge in [0.1, 0.15) is 5.82 Å². The third-order valence-electron chi connectivity index (χ3n) is 5.90. The first-order chi connectivity index (χ1) is 10.4. The number of hydrogen-bond acceptors (Lipinski definition) is 1. The van der Waals surface area contributed by atoms with Gasteiger partial charge < -0.3 is 4.57 Å². The highest BCUT2D eigenvalue weighted by molar-refractivity contribution is 6.31. The number of aromatic nitrogens is 1. The number of halogens is 4. The summed E-state index contributed by atoms with van der Waals surface area (Å²) < 4.78 is 42.0. The predicted molar refractivity (Wildman–Crippen MR) is 75.8 cm³/mol. The highest BCUT2D eigenvalue weighted by Crippen LogP contribution is 2.94. The first-order valence-electron chi connectivity index (χ1n) is 7.25. The van der Waals surface area contributed by atoms with E-state index < -0.39 is 23.1 Å². The van der Waals surface area contributed by atoms with Crippen molar-refractivity contribution in [3.63, 3.8) is 0 Å². The summed E-state index contributed by atoms with van der Waals surface area (Å²) in [7, 11) is 0. The van der Waals surface area contributed by atoms with E-state index in [1.165, 1.54) is 16.7 Å². The largest absolute Gasteiger partial charge is 0.312 e.